The van der Waals surface area contributed by atoms with E-state index in [0.29, 0.717) is 13.0 Å². The van der Waals surface area contributed by atoms with Crippen molar-refractivity contribution in [3.8, 4) is 0 Å². The molecule has 2 nitrogen and oxygen atoms in total. The molecule has 0 saturated heterocycles. The summed E-state index contributed by atoms with van der Waals surface area (Å²) in [6.45, 7) is 0.444. The van der Waals surface area contributed by atoms with Crippen molar-refractivity contribution in [1.82, 2.24) is 5.32 Å². The number of carbonyl (C=O) groups is 1. The molecule has 0 atom stereocenters. The van der Waals surface area contributed by atoms with Crippen LogP contribution in [-0.2, 0) is 16.6 Å². The Kier molecular flexibility index (Phi) is 4.42. The second-order valence-electron chi connectivity index (χ2n) is 6.08. The van der Waals surface area contributed by atoms with Crippen molar-refractivity contribution in [1.29, 1.82) is 0 Å². The topological polar surface area (TPSA) is 29.1 Å². The SMILES string of the molecule is O=C(NCCc1cccc(F)c1)C1(c2cccc(F)c2)CCC1. The van der Waals surface area contributed by atoms with E-state index in [1.54, 1.807) is 12.1 Å². The van der Waals surface area contributed by atoms with Gasteiger partial charge in [-0.2, -0.15) is 0 Å². The van der Waals surface area contributed by atoms with Gasteiger partial charge in [-0.05, 0) is 54.7 Å². The zero-order chi connectivity index (χ0) is 16.3. The minimum Gasteiger partial charge on any atom is -0.355 e. The van der Waals surface area contributed by atoms with Crippen molar-refractivity contribution < 1.29 is 13.6 Å². The van der Waals surface area contributed by atoms with Crippen molar-refractivity contribution in [2.45, 2.75) is 31.1 Å². The normalized spacial score (nSPS) is 15.7. The summed E-state index contributed by atoms with van der Waals surface area (Å²) in [7, 11) is 0. The molecule has 0 aromatic heterocycles. The van der Waals surface area contributed by atoms with Gasteiger partial charge in [0, 0.05) is 6.54 Å². The molecule has 0 unspecified atom stereocenters. The van der Waals surface area contributed by atoms with E-state index in [-0.39, 0.29) is 17.5 Å². The smallest absolute Gasteiger partial charge is 0.230 e. The highest BCUT2D eigenvalue weighted by Gasteiger charge is 2.45. The number of halogens is 2. The van der Waals surface area contributed by atoms with Crippen LogP contribution in [0.1, 0.15) is 30.4 Å². The van der Waals surface area contributed by atoms with Gasteiger partial charge in [0.2, 0.25) is 5.91 Å². The van der Waals surface area contributed by atoms with Crippen LogP contribution in [0.5, 0.6) is 0 Å². The molecule has 1 saturated carbocycles. The number of benzene rings is 2. The van der Waals surface area contributed by atoms with Gasteiger partial charge >= 0.3 is 0 Å². The summed E-state index contributed by atoms with van der Waals surface area (Å²) < 4.78 is 26.6. The van der Waals surface area contributed by atoms with Crippen LogP contribution in [0.25, 0.3) is 0 Å². The van der Waals surface area contributed by atoms with Gasteiger partial charge in [-0.1, -0.05) is 30.7 Å². The molecule has 2 aromatic rings. The van der Waals surface area contributed by atoms with Crippen molar-refractivity contribution >= 4 is 5.91 Å². The molecular formula is C19H19F2NO. The molecule has 1 aliphatic carbocycles. The molecule has 0 spiro atoms. The van der Waals surface area contributed by atoms with E-state index in [0.717, 1.165) is 30.4 Å². The highest BCUT2D eigenvalue weighted by molar-refractivity contribution is 5.89. The molecule has 23 heavy (non-hydrogen) atoms. The summed E-state index contributed by atoms with van der Waals surface area (Å²) in [5, 5.41) is 2.93. The Bertz CT molecular complexity index is 710. The Morgan fingerprint density at radius 3 is 2.35 bits per heavy atom. The van der Waals surface area contributed by atoms with E-state index in [9.17, 15) is 13.6 Å². The maximum Gasteiger partial charge on any atom is 0.230 e. The molecule has 4 heteroatoms. The second-order valence-corrected chi connectivity index (χ2v) is 6.08. The highest BCUT2D eigenvalue weighted by atomic mass is 19.1. The number of amides is 1. The maximum atomic E-state index is 13.5. The molecule has 120 valence electrons. The van der Waals surface area contributed by atoms with Crippen molar-refractivity contribution in [3.05, 3.63) is 71.3 Å². The first-order valence-electron chi connectivity index (χ1n) is 7.89. The first-order chi connectivity index (χ1) is 11.1. The Morgan fingerprint density at radius 1 is 1.04 bits per heavy atom. The van der Waals surface area contributed by atoms with E-state index in [2.05, 4.69) is 5.32 Å². The summed E-state index contributed by atoms with van der Waals surface area (Å²) >= 11 is 0. The second kappa shape index (κ2) is 6.49. The van der Waals surface area contributed by atoms with E-state index in [1.807, 2.05) is 12.1 Å². The molecule has 0 heterocycles. The lowest BCUT2D eigenvalue weighted by Crippen LogP contribution is -2.49. The average Bonchev–Trinajstić information content (AvgIpc) is 2.46. The van der Waals surface area contributed by atoms with E-state index >= 15 is 0 Å². The van der Waals surface area contributed by atoms with Gasteiger partial charge < -0.3 is 5.32 Å². The van der Waals surface area contributed by atoms with Crippen molar-refractivity contribution in [2.75, 3.05) is 6.54 Å². The molecule has 1 amide bonds. The monoisotopic (exact) mass is 315 g/mol. The van der Waals surface area contributed by atoms with Crippen LogP contribution in [0.4, 0.5) is 8.78 Å². The lowest BCUT2D eigenvalue weighted by atomic mass is 9.64. The van der Waals surface area contributed by atoms with Gasteiger partial charge in [0.05, 0.1) is 5.41 Å². The molecule has 1 N–H and O–H groups in total. The van der Waals surface area contributed by atoms with Gasteiger partial charge in [0.15, 0.2) is 0 Å². The standard InChI is InChI=1S/C19H19F2NO/c20-16-6-1-4-14(12-16)8-11-22-18(23)19(9-3-10-19)15-5-2-7-17(21)13-15/h1-2,4-7,12-13H,3,8-11H2,(H,22,23). The Morgan fingerprint density at radius 2 is 1.74 bits per heavy atom. The van der Waals surface area contributed by atoms with Gasteiger partial charge in [-0.15, -0.1) is 0 Å². The number of hydrogen-bond donors (Lipinski definition) is 1. The molecule has 2 aromatic carbocycles. The van der Waals surface area contributed by atoms with Crippen molar-refractivity contribution in [2.24, 2.45) is 0 Å². The Hall–Kier alpha value is -2.23. The molecule has 0 radical (unpaired) electrons. The molecule has 0 aliphatic heterocycles. The predicted molar refractivity (Wildman–Crippen MR) is 85.0 cm³/mol. The first-order valence-corrected chi connectivity index (χ1v) is 7.89. The first kappa shape index (κ1) is 15.7. The number of rotatable bonds is 5. The van der Waals surface area contributed by atoms with Gasteiger partial charge in [-0.25, -0.2) is 8.78 Å². The van der Waals surface area contributed by atoms with E-state index < -0.39 is 5.41 Å². The van der Waals surface area contributed by atoms with Gasteiger partial charge in [0.1, 0.15) is 11.6 Å². The summed E-state index contributed by atoms with van der Waals surface area (Å²) in [5.41, 5.74) is 0.982. The van der Waals surface area contributed by atoms with Crippen LogP contribution in [0.3, 0.4) is 0 Å². The fourth-order valence-electron chi connectivity index (χ4n) is 3.15. The summed E-state index contributed by atoms with van der Waals surface area (Å²) in [4.78, 5) is 12.6. The third-order valence-corrected chi connectivity index (χ3v) is 4.61. The van der Waals surface area contributed by atoms with E-state index in [1.165, 1.54) is 24.3 Å². The minimum absolute atomic E-state index is 0.0641. The van der Waals surface area contributed by atoms with Crippen molar-refractivity contribution in [3.63, 3.8) is 0 Å². The molecule has 3 rings (SSSR count). The third kappa shape index (κ3) is 3.26. The summed E-state index contributed by atoms with van der Waals surface area (Å²) in [6, 6.07) is 12.7. The predicted octanol–water partition coefficient (Wildman–Crippen LogP) is 3.75. The van der Waals surface area contributed by atoms with Crippen LogP contribution >= 0.6 is 0 Å². The number of carbonyl (C=O) groups excluding carboxylic acids is 1. The number of hydrogen-bond acceptors (Lipinski definition) is 1. The highest BCUT2D eigenvalue weighted by Crippen LogP contribution is 2.44. The zero-order valence-corrected chi connectivity index (χ0v) is 12.8. The van der Waals surface area contributed by atoms with Crippen LogP contribution in [0.15, 0.2) is 48.5 Å². The minimum atomic E-state index is -0.607. The largest absolute Gasteiger partial charge is 0.355 e. The van der Waals surface area contributed by atoms with Crippen LogP contribution in [0.2, 0.25) is 0 Å². The fraction of sp³-hybridized carbons (Fsp3) is 0.316. The van der Waals surface area contributed by atoms with Crippen LogP contribution < -0.4 is 5.32 Å². The Balaban J connectivity index is 1.64. The summed E-state index contributed by atoms with van der Waals surface area (Å²) in [5.74, 6) is -0.656. The van der Waals surface area contributed by atoms with Gasteiger partial charge in [0.25, 0.3) is 0 Å². The fourth-order valence-corrected chi connectivity index (χ4v) is 3.15. The van der Waals surface area contributed by atoms with E-state index in [4.69, 9.17) is 0 Å². The van der Waals surface area contributed by atoms with Crippen LogP contribution in [0, 0.1) is 11.6 Å². The lowest BCUT2D eigenvalue weighted by Gasteiger charge is -2.40. The molecule has 1 fully saturated rings. The quantitative estimate of drug-likeness (QED) is 0.894. The lowest BCUT2D eigenvalue weighted by molar-refractivity contribution is -0.129. The average molecular weight is 315 g/mol. The van der Waals surface area contributed by atoms with Crippen LogP contribution in [-0.4, -0.2) is 12.5 Å². The molecular weight excluding hydrogens is 296 g/mol. The van der Waals surface area contributed by atoms with Gasteiger partial charge in [-0.3, -0.25) is 4.79 Å². The maximum absolute atomic E-state index is 13.5. The molecule has 1 aliphatic rings. The number of nitrogens with one attached hydrogen (secondary N) is 1. The Labute approximate surface area is 134 Å². The third-order valence-electron chi connectivity index (χ3n) is 4.61. The summed E-state index contributed by atoms with van der Waals surface area (Å²) in [6.07, 6.45) is 3.01. The zero-order valence-electron chi connectivity index (χ0n) is 12.8. The molecule has 0 bridgehead atoms.